The predicted octanol–water partition coefficient (Wildman–Crippen LogP) is 1.64. The fourth-order valence-corrected chi connectivity index (χ4v) is 3.04. The highest BCUT2D eigenvalue weighted by molar-refractivity contribution is 5.90. The summed E-state index contributed by atoms with van der Waals surface area (Å²) in [7, 11) is 0. The van der Waals surface area contributed by atoms with Crippen molar-refractivity contribution < 1.29 is 23.9 Å². The van der Waals surface area contributed by atoms with Gasteiger partial charge in [0, 0.05) is 6.54 Å². The second-order valence-corrected chi connectivity index (χ2v) is 8.66. The quantitative estimate of drug-likeness (QED) is 0.267. The number of ether oxygens (including phenoxy) is 1. The number of esters is 1. The minimum absolute atomic E-state index is 0.134. The highest BCUT2D eigenvalue weighted by Crippen LogP contribution is 2.14. The van der Waals surface area contributed by atoms with Crippen LogP contribution in [0.2, 0.25) is 0 Å². The van der Waals surface area contributed by atoms with E-state index in [9.17, 15) is 19.2 Å². The van der Waals surface area contributed by atoms with Gasteiger partial charge in [-0.05, 0) is 45.1 Å². The number of hydrogen-bond acceptors (Lipinski definition) is 6. The Balaban J connectivity index is 2.73. The van der Waals surface area contributed by atoms with Gasteiger partial charge in [-0.25, -0.2) is 4.79 Å². The van der Waals surface area contributed by atoms with E-state index in [1.807, 2.05) is 44.2 Å². The summed E-state index contributed by atoms with van der Waals surface area (Å²) in [4.78, 5) is 48.4. The van der Waals surface area contributed by atoms with Crippen LogP contribution in [-0.4, -0.2) is 47.9 Å². The van der Waals surface area contributed by atoms with Crippen molar-refractivity contribution in [1.29, 1.82) is 0 Å². The summed E-state index contributed by atoms with van der Waals surface area (Å²) < 4.78 is 5.43. The molecule has 0 fully saturated rings. The Morgan fingerprint density at radius 2 is 1.72 bits per heavy atom. The number of benzene rings is 1. The van der Waals surface area contributed by atoms with Gasteiger partial charge in [-0.3, -0.25) is 19.7 Å². The summed E-state index contributed by atoms with van der Waals surface area (Å²) >= 11 is 0. The van der Waals surface area contributed by atoms with E-state index in [0.29, 0.717) is 19.4 Å². The summed E-state index contributed by atoms with van der Waals surface area (Å²) in [6.45, 7) is 8.84. The van der Waals surface area contributed by atoms with E-state index >= 15 is 0 Å². The molecule has 0 saturated heterocycles. The molecule has 1 aromatic rings. The van der Waals surface area contributed by atoms with Crippen molar-refractivity contribution in [2.24, 2.45) is 11.7 Å². The van der Waals surface area contributed by atoms with Crippen molar-refractivity contribution in [3.05, 3.63) is 35.9 Å². The molecule has 0 bridgehead atoms. The number of amides is 3. The zero-order valence-corrected chi connectivity index (χ0v) is 19.6. The van der Waals surface area contributed by atoms with Gasteiger partial charge in [-0.2, -0.15) is 0 Å². The molecular formula is C23H36N4O5. The molecule has 2 atom stereocenters. The number of carbonyl (C=O) groups excluding carboxylic acids is 4. The zero-order valence-electron chi connectivity index (χ0n) is 19.6. The first-order valence-electron chi connectivity index (χ1n) is 10.8. The Hall–Kier alpha value is -2.94. The number of Topliss-reactive ketones (excluding diaryl/α,β-unsaturated/α-hetero) is 1. The van der Waals surface area contributed by atoms with E-state index in [1.54, 1.807) is 13.8 Å². The fraction of sp³-hybridized carbons (Fsp3) is 0.565. The first kappa shape index (κ1) is 27.1. The Morgan fingerprint density at radius 1 is 1.09 bits per heavy atom. The van der Waals surface area contributed by atoms with Gasteiger partial charge in [0.25, 0.3) is 0 Å². The molecule has 1 rings (SSSR count). The third-order valence-electron chi connectivity index (χ3n) is 4.96. The number of rotatable bonds is 13. The number of carbonyl (C=O) groups is 4. The van der Waals surface area contributed by atoms with Gasteiger partial charge in [0.2, 0.25) is 5.91 Å². The molecule has 1 aromatic carbocycles. The number of hydrogen-bond donors (Lipinski definition) is 4. The van der Waals surface area contributed by atoms with Crippen LogP contribution in [0.15, 0.2) is 30.3 Å². The first-order valence-corrected chi connectivity index (χ1v) is 10.8. The molecule has 0 aliphatic heterocycles. The van der Waals surface area contributed by atoms with Crippen LogP contribution in [0, 0.1) is 5.92 Å². The average Bonchev–Trinajstić information content (AvgIpc) is 2.72. The molecule has 0 spiro atoms. The van der Waals surface area contributed by atoms with Crippen LogP contribution in [0.1, 0.15) is 53.0 Å². The highest BCUT2D eigenvalue weighted by Gasteiger charge is 2.36. The van der Waals surface area contributed by atoms with E-state index in [-0.39, 0.29) is 24.2 Å². The van der Waals surface area contributed by atoms with Crippen molar-refractivity contribution in [1.82, 2.24) is 16.0 Å². The van der Waals surface area contributed by atoms with Crippen molar-refractivity contribution in [3.63, 3.8) is 0 Å². The van der Waals surface area contributed by atoms with E-state index in [4.69, 9.17) is 10.5 Å². The number of nitrogens with two attached hydrogens (primary N) is 1. The van der Waals surface area contributed by atoms with Gasteiger partial charge in [-0.15, -0.1) is 0 Å². The summed E-state index contributed by atoms with van der Waals surface area (Å²) in [5.74, 6) is -1.21. The SMILES string of the molecule is CC(=O)[C@H](CCCNC(N)=O)NC(=O)[C@@H](NC(C)(C)C(=O)OCc1ccccc1)C(C)C. The molecule has 178 valence electrons. The third-order valence-corrected chi connectivity index (χ3v) is 4.96. The van der Waals surface area contributed by atoms with Crippen LogP contribution in [0.25, 0.3) is 0 Å². The molecule has 9 nitrogen and oxygen atoms in total. The van der Waals surface area contributed by atoms with Crippen LogP contribution < -0.4 is 21.7 Å². The summed E-state index contributed by atoms with van der Waals surface area (Å²) in [6, 6.07) is 7.26. The average molecular weight is 449 g/mol. The summed E-state index contributed by atoms with van der Waals surface area (Å²) in [5, 5.41) is 8.29. The summed E-state index contributed by atoms with van der Waals surface area (Å²) in [5.41, 5.74) is 4.77. The lowest BCUT2D eigenvalue weighted by Gasteiger charge is -2.32. The zero-order chi connectivity index (χ0) is 24.3. The number of urea groups is 1. The van der Waals surface area contributed by atoms with Gasteiger partial charge < -0.3 is 21.1 Å². The minimum atomic E-state index is -1.13. The predicted molar refractivity (Wildman–Crippen MR) is 122 cm³/mol. The lowest BCUT2D eigenvalue weighted by molar-refractivity contribution is -0.152. The van der Waals surface area contributed by atoms with Crippen LogP contribution in [-0.2, 0) is 25.7 Å². The van der Waals surface area contributed by atoms with Gasteiger partial charge >= 0.3 is 12.0 Å². The molecule has 9 heteroatoms. The van der Waals surface area contributed by atoms with Gasteiger partial charge in [0.1, 0.15) is 12.1 Å². The van der Waals surface area contributed by atoms with Crippen molar-refractivity contribution in [3.8, 4) is 0 Å². The summed E-state index contributed by atoms with van der Waals surface area (Å²) in [6.07, 6.45) is 0.833. The highest BCUT2D eigenvalue weighted by atomic mass is 16.5. The maximum atomic E-state index is 13.0. The largest absolute Gasteiger partial charge is 0.459 e. The van der Waals surface area contributed by atoms with Gasteiger partial charge in [0.15, 0.2) is 5.78 Å². The Morgan fingerprint density at radius 3 is 2.25 bits per heavy atom. The lowest BCUT2D eigenvalue weighted by Crippen LogP contribution is -2.60. The van der Waals surface area contributed by atoms with Gasteiger partial charge in [-0.1, -0.05) is 44.2 Å². The number of ketones is 1. The molecule has 0 aliphatic rings. The molecule has 5 N–H and O–H groups in total. The molecule has 0 aromatic heterocycles. The number of primary amides is 1. The van der Waals surface area contributed by atoms with Gasteiger partial charge in [0.05, 0.1) is 12.1 Å². The van der Waals surface area contributed by atoms with Crippen LogP contribution in [0.4, 0.5) is 4.79 Å². The third kappa shape index (κ3) is 9.47. The van der Waals surface area contributed by atoms with E-state index in [1.165, 1.54) is 6.92 Å². The first-order chi connectivity index (χ1) is 14.9. The van der Waals surface area contributed by atoms with Crippen molar-refractivity contribution in [2.75, 3.05) is 6.54 Å². The second kappa shape index (κ2) is 12.8. The van der Waals surface area contributed by atoms with E-state index < -0.39 is 29.6 Å². The molecule has 0 heterocycles. The Kier molecular flexibility index (Phi) is 10.8. The Labute approximate surface area is 189 Å². The molecular weight excluding hydrogens is 412 g/mol. The minimum Gasteiger partial charge on any atom is -0.459 e. The van der Waals surface area contributed by atoms with Crippen LogP contribution in [0.5, 0.6) is 0 Å². The topological polar surface area (TPSA) is 140 Å². The standard InChI is InChI=1S/C23H36N4O5/c1-15(2)19(20(29)26-18(16(3)28)12-9-13-25-22(24)31)27-23(4,5)21(30)32-14-17-10-7-6-8-11-17/h6-8,10-11,15,18-19,27H,9,12-14H2,1-5H3,(H,26,29)(H3,24,25,31)/t18-,19-/m0/s1. The van der Waals surface area contributed by atoms with Crippen molar-refractivity contribution in [2.45, 2.75) is 71.7 Å². The van der Waals surface area contributed by atoms with E-state index in [0.717, 1.165) is 5.56 Å². The molecule has 0 saturated carbocycles. The molecule has 3 amide bonds. The molecule has 32 heavy (non-hydrogen) atoms. The smallest absolute Gasteiger partial charge is 0.326 e. The lowest BCUT2D eigenvalue weighted by atomic mass is 9.96. The normalized spacial score (nSPS) is 13.2. The van der Waals surface area contributed by atoms with E-state index in [2.05, 4.69) is 16.0 Å². The fourth-order valence-electron chi connectivity index (χ4n) is 3.04. The molecule has 0 radical (unpaired) electrons. The monoisotopic (exact) mass is 448 g/mol. The maximum absolute atomic E-state index is 13.0. The van der Waals surface area contributed by atoms with Crippen LogP contribution in [0.3, 0.4) is 0 Å². The van der Waals surface area contributed by atoms with Crippen LogP contribution >= 0.6 is 0 Å². The molecule has 0 aliphatic carbocycles. The maximum Gasteiger partial charge on any atom is 0.326 e. The second-order valence-electron chi connectivity index (χ2n) is 8.66. The molecule has 0 unspecified atom stereocenters. The number of nitrogens with one attached hydrogen (secondary N) is 3. The van der Waals surface area contributed by atoms with Crippen molar-refractivity contribution >= 4 is 23.7 Å². The Bertz CT molecular complexity index is 780.